The van der Waals surface area contributed by atoms with Crippen molar-refractivity contribution in [1.82, 2.24) is 10.2 Å². The minimum atomic E-state index is -0.930. The summed E-state index contributed by atoms with van der Waals surface area (Å²) >= 11 is 0. The van der Waals surface area contributed by atoms with Crippen LogP contribution in [0.4, 0.5) is 0 Å². The number of carbonyl (C=O) groups excluding carboxylic acids is 2. The number of carboxylic acids is 1. The first-order chi connectivity index (χ1) is 9.94. The van der Waals surface area contributed by atoms with Gasteiger partial charge in [-0.3, -0.25) is 14.4 Å². The molecule has 2 aliphatic rings. The lowest BCUT2D eigenvalue weighted by molar-refractivity contribution is -0.151. The van der Waals surface area contributed by atoms with Crippen LogP contribution in [0.2, 0.25) is 0 Å². The standard InChI is InChI=1S/C15H24N2O4/c1-11(13(19)17-8-4-5-9-17)16-12(18)10-15(14(20)21)6-2-3-7-15/h11H,2-10H2,1H3,(H,16,18)(H,20,21). The second kappa shape index (κ2) is 6.45. The molecule has 1 atom stereocenters. The highest BCUT2D eigenvalue weighted by atomic mass is 16.4. The van der Waals surface area contributed by atoms with Crippen molar-refractivity contribution in [2.45, 2.75) is 57.9 Å². The van der Waals surface area contributed by atoms with Crippen molar-refractivity contribution in [2.24, 2.45) is 5.41 Å². The van der Waals surface area contributed by atoms with Crippen LogP contribution in [0.3, 0.4) is 0 Å². The van der Waals surface area contributed by atoms with Crippen molar-refractivity contribution in [2.75, 3.05) is 13.1 Å². The molecule has 1 aliphatic carbocycles. The van der Waals surface area contributed by atoms with Crippen molar-refractivity contribution >= 4 is 17.8 Å². The largest absolute Gasteiger partial charge is 0.481 e. The summed E-state index contributed by atoms with van der Waals surface area (Å²) in [7, 11) is 0. The van der Waals surface area contributed by atoms with E-state index in [9.17, 15) is 19.5 Å². The number of likely N-dealkylation sites (tertiary alicyclic amines) is 1. The lowest BCUT2D eigenvalue weighted by atomic mass is 9.82. The third kappa shape index (κ3) is 3.54. The molecule has 2 rings (SSSR count). The Balaban J connectivity index is 1.88. The smallest absolute Gasteiger partial charge is 0.310 e. The molecule has 0 spiro atoms. The number of aliphatic carboxylic acids is 1. The van der Waals surface area contributed by atoms with E-state index >= 15 is 0 Å². The Labute approximate surface area is 124 Å². The van der Waals surface area contributed by atoms with Gasteiger partial charge in [-0.25, -0.2) is 0 Å². The Morgan fingerprint density at radius 2 is 1.71 bits per heavy atom. The normalized spacial score (nSPS) is 22.0. The van der Waals surface area contributed by atoms with E-state index in [1.165, 1.54) is 0 Å². The molecule has 0 bridgehead atoms. The number of hydrogen-bond donors (Lipinski definition) is 2. The fourth-order valence-electron chi connectivity index (χ4n) is 3.39. The van der Waals surface area contributed by atoms with Crippen molar-refractivity contribution in [3.05, 3.63) is 0 Å². The van der Waals surface area contributed by atoms with Crippen LogP contribution in [-0.4, -0.2) is 46.9 Å². The molecule has 6 nitrogen and oxygen atoms in total. The van der Waals surface area contributed by atoms with E-state index in [-0.39, 0.29) is 18.2 Å². The van der Waals surface area contributed by atoms with E-state index in [0.717, 1.165) is 38.8 Å². The molecular formula is C15H24N2O4. The van der Waals surface area contributed by atoms with E-state index in [2.05, 4.69) is 5.32 Å². The molecule has 118 valence electrons. The average molecular weight is 296 g/mol. The summed E-state index contributed by atoms with van der Waals surface area (Å²) in [6.07, 6.45) is 4.78. The molecule has 1 saturated heterocycles. The van der Waals surface area contributed by atoms with Gasteiger partial charge in [0.05, 0.1) is 5.41 Å². The molecule has 2 fully saturated rings. The molecule has 1 unspecified atom stereocenters. The van der Waals surface area contributed by atoms with Gasteiger partial charge in [-0.2, -0.15) is 0 Å². The molecule has 2 amide bonds. The molecule has 21 heavy (non-hydrogen) atoms. The predicted octanol–water partition coefficient (Wildman–Crippen LogP) is 1.15. The Morgan fingerprint density at radius 3 is 2.24 bits per heavy atom. The fraction of sp³-hybridized carbons (Fsp3) is 0.800. The number of carboxylic acid groups (broad SMARTS) is 1. The molecule has 1 saturated carbocycles. The van der Waals surface area contributed by atoms with Gasteiger partial charge in [0.25, 0.3) is 0 Å². The Kier molecular flexibility index (Phi) is 4.85. The number of rotatable bonds is 5. The molecule has 2 N–H and O–H groups in total. The number of nitrogens with one attached hydrogen (secondary N) is 1. The van der Waals surface area contributed by atoms with Crippen LogP contribution in [0.5, 0.6) is 0 Å². The van der Waals surface area contributed by atoms with E-state index in [4.69, 9.17) is 0 Å². The van der Waals surface area contributed by atoms with Crippen LogP contribution in [0.25, 0.3) is 0 Å². The monoisotopic (exact) mass is 296 g/mol. The first-order valence-electron chi connectivity index (χ1n) is 7.76. The van der Waals surface area contributed by atoms with Gasteiger partial charge in [-0.1, -0.05) is 12.8 Å². The van der Waals surface area contributed by atoms with Crippen molar-refractivity contribution in [3.8, 4) is 0 Å². The highest BCUT2D eigenvalue weighted by Gasteiger charge is 2.43. The third-order valence-corrected chi connectivity index (χ3v) is 4.68. The Bertz CT molecular complexity index is 423. The van der Waals surface area contributed by atoms with Gasteiger partial charge >= 0.3 is 5.97 Å². The van der Waals surface area contributed by atoms with E-state index in [0.29, 0.717) is 12.8 Å². The highest BCUT2D eigenvalue weighted by Crippen LogP contribution is 2.41. The topological polar surface area (TPSA) is 86.7 Å². The zero-order valence-corrected chi connectivity index (χ0v) is 12.6. The van der Waals surface area contributed by atoms with Gasteiger partial charge in [0.2, 0.25) is 11.8 Å². The summed E-state index contributed by atoms with van der Waals surface area (Å²) in [5, 5.41) is 12.0. The van der Waals surface area contributed by atoms with Crippen LogP contribution in [-0.2, 0) is 14.4 Å². The van der Waals surface area contributed by atoms with Gasteiger partial charge < -0.3 is 15.3 Å². The minimum absolute atomic E-state index is 0.0278. The van der Waals surface area contributed by atoms with E-state index in [1.807, 2.05) is 0 Å². The van der Waals surface area contributed by atoms with E-state index in [1.54, 1.807) is 11.8 Å². The summed E-state index contributed by atoms with van der Waals surface area (Å²) in [6.45, 7) is 3.16. The van der Waals surface area contributed by atoms with Gasteiger partial charge in [0.15, 0.2) is 0 Å². The quantitative estimate of drug-likeness (QED) is 0.796. The predicted molar refractivity (Wildman–Crippen MR) is 76.6 cm³/mol. The number of carbonyl (C=O) groups is 3. The fourth-order valence-corrected chi connectivity index (χ4v) is 3.39. The summed E-state index contributed by atoms with van der Waals surface area (Å²) in [5.74, 6) is -1.30. The summed E-state index contributed by atoms with van der Waals surface area (Å²) < 4.78 is 0. The van der Waals surface area contributed by atoms with E-state index < -0.39 is 17.4 Å². The maximum atomic E-state index is 12.1. The van der Waals surface area contributed by atoms with Crippen molar-refractivity contribution in [1.29, 1.82) is 0 Å². The lowest BCUT2D eigenvalue weighted by Gasteiger charge is -2.25. The molecule has 1 heterocycles. The first kappa shape index (κ1) is 15.8. The number of nitrogens with zero attached hydrogens (tertiary/aromatic N) is 1. The molecule has 0 aromatic rings. The van der Waals surface area contributed by atoms with Gasteiger partial charge in [-0.05, 0) is 32.6 Å². The minimum Gasteiger partial charge on any atom is -0.481 e. The first-order valence-corrected chi connectivity index (χ1v) is 7.76. The second-order valence-electron chi connectivity index (χ2n) is 6.29. The van der Waals surface area contributed by atoms with Crippen molar-refractivity contribution < 1.29 is 19.5 Å². The second-order valence-corrected chi connectivity index (χ2v) is 6.29. The molecular weight excluding hydrogens is 272 g/mol. The molecule has 1 aliphatic heterocycles. The van der Waals surface area contributed by atoms with Crippen LogP contribution < -0.4 is 5.32 Å². The van der Waals surface area contributed by atoms with Gasteiger partial charge in [0, 0.05) is 19.5 Å². The number of amides is 2. The van der Waals surface area contributed by atoms with Crippen LogP contribution in [0, 0.1) is 5.41 Å². The molecule has 0 radical (unpaired) electrons. The molecule has 0 aromatic carbocycles. The summed E-state index contributed by atoms with van der Waals surface area (Å²) in [5.41, 5.74) is -0.930. The zero-order valence-electron chi connectivity index (χ0n) is 12.6. The molecule has 0 aromatic heterocycles. The Morgan fingerprint density at radius 1 is 1.14 bits per heavy atom. The van der Waals surface area contributed by atoms with Crippen LogP contribution in [0.15, 0.2) is 0 Å². The Hall–Kier alpha value is -1.59. The SMILES string of the molecule is CC(NC(=O)CC1(C(=O)O)CCCC1)C(=O)N1CCCC1. The van der Waals surface area contributed by atoms with Gasteiger partial charge in [0.1, 0.15) is 6.04 Å². The van der Waals surface area contributed by atoms with Gasteiger partial charge in [-0.15, -0.1) is 0 Å². The van der Waals surface area contributed by atoms with Crippen LogP contribution >= 0.6 is 0 Å². The zero-order chi connectivity index (χ0) is 15.5. The summed E-state index contributed by atoms with van der Waals surface area (Å²) in [6, 6.07) is -0.581. The third-order valence-electron chi connectivity index (χ3n) is 4.68. The van der Waals surface area contributed by atoms with Crippen LogP contribution in [0.1, 0.15) is 51.9 Å². The number of hydrogen-bond acceptors (Lipinski definition) is 3. The molecule has 6 heteroatoms. The highest BCUT2D eigenvalue weighted by molar-refractivity contribution is 5.90. The van der Waals surface area contributed by atoms with Crippen molar-refractivity contribution in [3.63, 3.8) is 0 Å². The maximum Gasteiger partial charge on any atom is 0.310 e. The maximum absolute atomic E-state index is 12.1. The summed E-state index contributed by atoms with van der Waals surface area (Å²) in [4.78, 5) is 37.4. The average Bonchev–Trinajstić information content (AvgIpc) is 3.08. The lowest BCUT2D eigenvalue weighted by Crippen LogP contribution is -2.47.